The SMILES string of the molecule is O=C(Nc1ccc(Cl)cc1)N1CCC[C@H]1c1nc(-c2cccc(O)c2)no1. The Morgan fingerprint density at radius 1 is 1.26 bits per heavy atom. The number of benzene rings is 2. The summed E-state index contributed by atoms with van der Waals surface area (Å²) >= 11 is 5.87. The maximum Gasteiger partial charge on any atom is 0.322 e. The summed E-state index contributed by atoms with van der Waals surface area (Å²) in [6.07, 6.45) is 1.60. The van der Waals surface area contributed by atoms with E-state index in [2.05, 4.69) is 15.5 Å². The molecule has 8 heteroatoms. The van der Waals surface area contributed by atoms with Crippen LogP contribution in [-0.2, 0) is 0 Å². The number of likely N-dealkylation sites (tertiary alicyclic amines) is 1. The molecule has 0 aliphatic carbocycles. The molecule has 0 saturated carbocycles. The van der Waals surface area contributed by atoms with Crippen LogP contribution >= 0.6 is 11.6 Å². The number of nitrogens with zero attached hydrogens (tertiary/aromatic N) is 3. The molecule has 1 fully saturated rings. The zero-order chi connectivity index (χ0) is 18.8. The molecule has 1 aliphatic heterocycles. The van der Waals surface area contributed by atoms with Crippen LogP contribution in [0.15, 0.2) is 53.1 Å². The number of phenolic OH excluding ortho intramolecular Hbond substituents is 1. The Kier molecular flexibility index (Phi) is 4.68. The topological polar surface area (TPSA) is 91.5 Å². The number of halogens is 1. The molecule has 2 amide bonds. The number of aromatic nitrogens is 2. The van der Waals surface area contributed by atoms with Gasteiger partial charge in [-0.15, -0.1) is 0 Å². The van der Waals surface area contributed by atoms with Crippen molar-refractivity contribution in [3.8, 4) is 17.1 Å². The van der Waals surface area contributed by atoms with Crippen molar-refractivity contribution in [2.75, 3.05) is 11.9 Å². The lowest BCUT2D eigenvalue weighted by Crippen LogP contribution is -2.34. The second-order valence-electron chi connectivity index (χ2n) is 6.30. The number of hydrogen-bond donors (Lipinski definition) is 2. The molecule has 1 saturated heterocycles. The van der Waals surface area contributed by atoms with E-state index >= 15 is 0 Å². The molecule has 3 aromatic rings. The van der Waals surface area contributed by atoms with Crippen LogP contribution in [0.1, 0.15) is 24.8 Å². The third-order valence-corrected chi connectivity index (χ3v) is 4.69. The van der Waals surface area contributed by atoms with Crippen LogP contribution in [0.5, 0.6) is 5.75 Å². The number of urea groups is 1. The second-order valence-corrected chi connectivity index (χ2v) is 6.73. The Bertz CT molecular complexity index is 958. The largest absolute Gasteiger partial charge is 0.508 e. The molecule has 0 spiro atoms. The van der Waals surface area contributed by atoms with E-state index in [-0.39, 0.29) is 17.8 Å². The van der Waals surface area contributed by atoms with Crippen molar-refractivity contribution in [3.05, 3.63) is 59.4 Å². The highest BCUT2D eigenvalue weighted by Crippen LogP contribution is 2.33. The van der Waals surface area contributed by atoms with Gasteiger partial charge in [0.25, 0.3) is 0 Å². The highest BCUT2D eigenvalue weighted by molar-refractivity contribution is 6.30. The Morgan fingerprint density at radius 2 is 2.07 bits per heavy atom. The van der Waals surface area contributed by atoms with Gasteiger partial charge < -0.3 is 19.8 Å². The van der Waals surface area contributed by atoms with Gasteiger partial charge in [-0.3, -0.25) is 0 Å². The monoisotopic (exact) mass is 384 g/mol. The van der Waals surface area contributed by atoms with Gasteiger partial charge in [0, 0.05) is 22.8 Å². The number of carbonyl (C=O) groups is 1. The predicted octanol–water partition coefficient (Wildman–Crippen LogP) is 4.46. The molecule has 1 aliphatic rings. The average molecular weight is 385 g/mol. The predicted molar refractivity (Wildman–Crippen MR) is 101 cm³/mol. The fraction of sp³-hybridized carbons (Fsp3) is 0.211. The smallest absolute Gasteiger partial charge is 0.322 e. The van der Waals surface area contributed by atoms with Gasteiger partial charge in [-0.1, -0.05) is 28.9 Å². The first-order valence-electron chi connectivity index (χ1n) is 8.56. The van der Waals surface area contributed by atoms with E-state index in [0.29, 0.717) is 34.5 Å². The van der Waals surface area contributed by atoms with Crippen LogP contribution in [0.4, 0.5) is 10.5 Å². The first kappa shape index (κ1) is 17.4. The fourth-order valence-corrected chi connectivity index (χ4v) is 3.25. The van der Waals surface area contributed by atoms with Gasteiger partial charge in [0.1, 0.15) is 11.8 Å². The van der Waals surface area contributed by atoms with Crippen LogP contribution in [0.2, 0.25) is 5.02 Å². The first-order valence-corrected chi connectivity index (χ1v) is 8.94. The van der Waals surface area contributed by atoms with E-state index in [0.717, 1.165) is 12.8 Å². The van der Waals surface area contributed by atoms with Gasteiger partial charge in [-0.2, -0.15) is 4.98 Å². The average Bonchev–Trinajstić information content (AvgIpc) is 3.33. The molecule has 27 heavy (non-hydrogen) atoms. The Morgan fingerprint density at radius 3 is 2.85 bits per heavy atom. The van der Waals surface area contributed by atoms with Gasteiger partial charge in [0.15, 0.2) is 0 Å². The quantitative estimate of drug-likeness (QED) is 0.695. The number of rotatable bonds is 3. The normalized spacial score (nSPS) is 16.5. The lowest BCUT2D eigenvalue weighted by molar-refractivity contribution is 0.193. The molecule has 0 bridgehead atoms. The minimum Gasteiger partial charge on any atom is -0.508 e. The lowest BCUT2D eigenvalue weighted by atomic mass is 10.2. The summed E-state index contributed by atoms with van der Waals surface area (Å²) in [5.41, 5.74) is 1.32. The molecule has 1 aromatic heterocycles. The fourth-order valence-electron chi connectivity index (χ4n) is 3.13. The highest BCUT2D eigenvalue weighted by atomic mass is 35.5. The Labute approximate surface area is 160 Å². The number of hydrogen-bond acceptors (Lipinski definition) is 5. The lowest BCUT2D eigenvalue weighted by Gasteiger charge is -2.22. The number of anilines is 1. The molecular weight excluding hydrogens is 368 g/mol. The Balaban J connectivity index is 1.51. The molecule has 1 atom stereocenters. The van der Waals surface area contributed by atoms with E-state index in [9.17, 15) is 9.90 Å². The summed E-state index contributed by atoms with van der Waals surface area (Å²) in [5, 5.41) is 17.1. The van der Waals surface area contributed by atoms with Crippen LogP contribution in [0.25, 0.3) is 11.4 Å². The maximum atomic E-state index is 12.7. The van der Waals surface area contributed by atoms with Crippen molar-refractivity contribution in [2.45, 2.75) is 18.9 Å². The van der Waals surface area contributed by atoms with Gasteiger partial charge in [-0.05, 0) is 49.2 Å². The van der Waals surface area contributed by atoms with E-state index in [4.69, 9.17) is 16.1 Å². The first-order chi connectivity index (χ1) is 13.1. The molecule has 2 aromatic carbocycles. The summed E-state index contributed by atoms with van der Waals surface area (Å²) in [5.74, 6) is 0.895. The molecule has 0 unspecified atom stereocenters. The standard InChI is InChI=1S/C19H17ClN4O3/c20-13-6-8-14(9-7-13)21-19(26)24-10-2-5-16(24)18-22-17(23-27-18)12-3-1-4-15(25)11-12/h1,3-4,6-9,11,16,25H,2,5,10H2,(H,21,26)/t16-/m0/s1. The van der Waals surface area contributed by atoms with Crippen LogP contribution < -0.4 is 5.32 Å². The molecule has 4 rings (SSSR count). The zero-order valence-electron chi connectivity index (χ0n) is 14.3. The van der Waals surface area contributed by atoms with Gasteiger partial charge in [0.2, 0.25) is 11.7 Å². The summed E-state index contributed by atoms with van der Waals surface area (Å²) in [7, 11) is 0. The third-order valence-electron chi connectivity index (χ3n) is 4.44. The minimum atomic E-state index is -0.282. The Hall–Kier alpha value is -3.06. The van der Waals surface area contributed by atoms with Crippen molar-refractivity contribution in [2.24, 2.45) is 0 Å². The molecule has 0 radical (unpaired) electrons. The highest BCUT2D eigenvalue weighted by Gasteiger charge is 2.34. The molecule has 7 nitrogen and oxygen atoms in total. The second kappa shape index (κ2) is 7.28. The van der Waals surface area contributed by atoms with Crippen molar-refractivity contribution < 1.29 is 14.4 Å². The molecular formula is C19H17ClN4O3. The van der Waals surface area contributed by atoms with E-state index in [1.54, 1.807) is 53.4 Å². The minimum absolute atomic E-state index is 0.128. The van der Waals surface area contributed by atoms with E-state index in [1.807, 2.05) is 0 Å². The third kappa shape index (κ3) is 3.73. The maximum absolute atomic E-state index is 12.7. The molecule has 2 N–H and O–H groups in total. The number of nitrogens with one attached hydrogen (secondary N) is 1. The number of aromatic hydroxyl groups is 1. The van der Waals surface area contributed by atoms with Gasteiger partial charge in [-0.25, -0.2) is 4.79 Å². The van der Waals surface area contributed by atoms with Crippen molar-refractivity contribution in [3.63, 3.8) is 0 Å². The van der Waals surface area contributed by atoms with E-state index in [1.165, 1.54) is 0 Å². The summed E-state index contributed by atoms with van der Waals surface area (Å²) in [6.45, 7) is 0.605. The van der Waals surface area contributed by atoms with Crippen LogP contribution in [0.3, 0.4) is 0 Å². The molecule has 2 heterocycles. The van der Waals surface area contributed by atoms with Crippen molar-refractivity contribution in [1.29, 1.82) is 0 Å². The zero-order valence-corrected chi connectivity index (χ0v) is 15.1. The van der Waals surface area contributed by atoms with Crippen molar-refractivity contribution >= 4 is 23.3 Å². The van der Waals surface area contributed by atoms with Gasteiger partial charge in [0.05, 0.1) is 0 Å². The summed E-state index contributed by atoms with van der Waals surface area (Å²) < 4.78 is 5.41. The van der Waals surface area contributed by atoms with Crippen molar-refractivity contribution in [1.82, 2.24) is 15.0 Å². The number of carbonyl (C=O) groups excluding carboxylic acids is 1. The van der Waals surface area contributed by atoms with Crippen LogP contribution in [-0.4, -0.2) is 32.7 Å². The summed E-state index contributed by atoms with van der Waals surface area (Å²) in [6, 6.07) is 13.1. The van der Waals surface area contributed by atoms with Gasteiger partial charge >= 0.3 is 6.03 Å². The number of phenols is 1. The molecule has 138 valence electrons. The number of amides is 2. The summed E-state index contributed by atoms with van der Waals surface area (Å²) in [4.78, 5) is 18.8. The van der Waals surface area contributed by atoms with E-state index < -0.39 is 0 Å². The van der Waals surface area contributed by atoms with Crippen LogP contribution in [0, 0.1) is 0 Å².